The van der Waals surface area contributed by atoms with Gasteiger partial charge in [-0.2, -0.15) is 0 Å². The summed E-state index contributed by atoms with van der Waals surface area (Å²) in [6.45, 7) is 6.75. The van der Waals surface area contributed by atoms with E-state index in [9.17, 15) is 14.4 Å². The van der Waals surface area contributed by atoms with Crippen molar-refractivity contribution in [2.24, 2.45) is 0 Å². The predicted molar refractivity (Wildman–Crippen MR) is 358 cm³/mol. The highest BCUT2D eigenvalue weighted by atomic mass is 16.6. The first kappa shape index (κ1) is 80.4. The molecule has 0 aromatic rings. The average molecular weight is 1160 g/mol. The minimum Gasteiger partial charge on any atom is -0.462 e. The molecule has 488 valence electrons. The first-order valence-electron chi connectivity index (χ1n) is 38.0. The van der Waals surface area contributed by atoms with E-state index in [1.807, 2.05) is 0 Å². The fourth-order valence-corrected chi connectivity index (χ4v) is 12.2. The second-order valence-electron chi connectivity index (χ2n) is 26.3. The Hall–Kier alpha value is -1.59. The zero-order chi connectivity index (χ0) is 59.2. The number of ether oxygens (including phenoxy) is 3. The third-order valence-electron chi connectivity index (χ3n) is 17.9. The van der Waals surface area contributed by atoms with Gasteiger partial charge in [0.15, 0.2) is 6.10 Å². The average Bonchev–Trinajstić information content (AvgIpc) is 3.47. The molecule has 0 saturated carbocycles. The fourth-order valence-electron chi connectivity index (χ4n) is 12.2. The van der Waals surface area contributed by atoms with Crippen LogP contribution in [0.2, 0.25) is 0 Å². The highest BCUT2D eigenvalue weighted by Gasteiger charge is 2.20. The van der Waals surface area contributed by atoms with E-state index in [1.54, 1.807) is 0 Å². The van der Waals surface area contributed by atoms with Gasteiger partial charge < -0.3 is 14.2 Å². The molecule has 6 heteroatoms. The standard InChI is InChI=1S/C76H148O6/c1-4-7-10-13-16-19-22-25-27-29-31-33-35-37-39-41-43-45-47-49-51-54-57-60-63-66-69-75(78)81-72-73(71-80-74(77)68-65-62-59-56-53-24-21-18-15-12-9-6-3)82-76(79)70-67-64-61-58-55-52-50-48-46-44-42-40-38-36-34-32-30-28-26-23-20-17-14-11-8-5-2/h73H,4-72H2,1-3H3. The highest BCUT2D eigenvalue weighted by molar-refractivity contribution is 5.71. The normalized spacial score (nSPS) is 11.9. The van der Waals surface area contributed by atoms with Crippen molar-refractivity contribution in [3.63, 3.8) is 0 Å². The Morgan fingerprint density at radius 1 is 0.195 bits per heavy atom. The molecule has 0 bridgehead atoms. The maximum absolute atomic E-state index is 13.0. The molecule has 0 saturated heterocycles. The Morgan fingerprint density at radius 3 is 0.488 bits per heavy atom. The van der Waals surface area contributed by atoms with Crippen molar-refractivity contribution in [1.82, 2.24) is 0 Å². The minimum atomic E-state index is -0.764. The fraction of sp³-hybridized carbons (Fsp3) is 0.961. The summed E-state index contributed by atoms with van der Waals surface area (Å²) in [4.78, 5) is 38.5. The molecule has 0 aliphatic heterocycles. The number of hydrogen-bond acceptors (Lipinski definition) is 6. The summed E-state index contributed by atoms with van der Waals surface area (Å²) < 4.78 is 17.0. The molecule has 1 atom stereocenters. The van der Waals surface area contributed by atoms with Crippen molar-refractivity contribution in [3.05, 3.63) is 0 Å². The highest BCUT2D eigenvalue weighted by Crippen LogP contribution is 2.20. The molecule has 0 aliphatic rings. The lowest BCUT2D eigenvalue weighted by molar-refractivity contribution is -0.167. The van der Waals surface area contributed by atoms with E-state index in [0.717, 1.165) is 57.8 Å². The van der Waals surface area contributed by atoms with Crippen LogP contribution in [0.25, 0.3) is 0 Å². The van der Waals surface area contributed by atoms with Crippen LogP contribution in [0, 0.1) is 0 Å². The van der Waals surface area contributed by atoms with E-state index in [4.69, 9.17) is 14.2 Å². The van der Waals surface area contributed by atoms with Crippen LogP contribution in [0.1, 0.15) is 451 Å². The minimum absolute atomic E-state index is 0.0601. The van der Waals surface area contributed by atoms with Crippen LogP contribution in [0.4, 0.5) is 0 Å². The second kappa shape index (κ2) is 71.9. The van der Waals surface area contributed by atoms with Crippen molar-refractivity contribution in [2.45, 2.75) is 457 Å². The number of unbranched alkanes of at least 4 members (excludes halogenated alkanes) is 61. The molecular formula is C76H148O6. The van der Waals surface area contributed by atoms with Gasteiger partial charge in [-0.15, -0.1) is 0 Å². The Bertz CT molecular complexity index is 1240. The summed E-state index contributed by atoms with van der Waals surface area (Å²) in [6.07, 6.45) is 85.9. The lowest BCUT2D eigenvalue weighted by Crippen LogP contribution is -2.30. The summed E-state index contributed by atoms with van der Waals surface area (Å²) in [7, 11) is 0. The molecule has 0 aromatic heterocycles. The number of carbonyl (C=O) groups is 3. The van der Waals surface area contributed by atoms with Crippen LogP contribution in [0.15, 0.2) is 0 Å². The van der Waals surface area contributed by atoms with Gasteiger partial charge in [-0.1, -0.05) is 412 Å². The molecule has 0 aliphatic carbocycles. The topological polar surface area (TPSA) is 78.9 Å². The molecule has 0 spiro atoms. The molecule has 6 nitrogen and oxygen atoms in total. The third-order valence-corrected chi connectivity index (χ3v) is 17.9. The van der Waals surface area contributed by atoms with Crippen LogP contribution in [-0.4, -0.2) is 37.2 Å². The number of hydrogen-bond donors (Lipinski definition) is 0. The number of rotatable bonds is 72. The smallest absolute Gasteiger partial charge is 0.306 e. The van der Waals surface area contributed by atoms with E-state index in [2.05, 4.69) is 20.8 Å². The van der Waals surface area contributed by atoms with Gasteiger partial charge in [0, 0.05) is 19.3 Å². The van der Waals surface area contributed by atoms with E-state index in [-0.39, 0.29) is 31.1 Å². The SMILES string of the molecule is CCCCCCCCCCCCCCCCCCCCCCCCCCCCC(=O)OCC(COC(=O)CCCCCCCCCCCCCC)OC(=O)CCCCCCCCCCCCCCCCCCCCCCCCCCCC. The van der Waals surface area contributed by atoms with Crippen LogP contribution in [0.3, 0.4) is 0 Å². The van der Waals surface area contributed by atoms with E-state index in [0.29, 0.717) is 19.3 Å². The van der Waals surface area contributed by atoms with Crippen molar-refractivity contribution in [3.8, 4) is 0 Å². The van der Waals surface area contributed by atoms with Gasteiger partial charge in [-0.05, 0) is 19.3 Å². The van der Waals surface area contributed by atoms with Gasteiger partial charge >= 0.3 is 17.9 Å². The van der Waals surface area contributed by atoms with Crippen molar-refractivity contribution >= 4 is 17.9 Å². The van der Waals surface area contributed by atoms with E-state index >= 15 is 0 Å². The first-order valence-corrected chi connectivity index (χ1v) is 38.0. The summed E-state index contributed by atoms with van der Waals surface area (Å²) in [5.41, 5.74) is 0. The van der Waals surface area contributed by atoms with Gasteiger partial charge in [-0.25, -0.2) is 0 Å². The van der Waals surface area contributed by atoms with Gasteiger partial charge in [-0.3, -0.25) is 14.4 Å². The molecule has 82 heavy (non-hydrogen) atoms. The van der Waals surface area contributed by atoms with Crippen LogP contribution in [0.5, 0.6) is 0 Å². The maximum Gasteiger partial charge on any atom is 0.306 e. The molecule has 1 unspecified atom stereocenters. The quantitative estimate of drug-likeness (QED) is 0.0343. The molecule has 0 aromatic carbocycles. The molecular weight excluding hydrogens is 1010 g/mol. The van der Waals surface area contributed by atoms with Gasteiger partial charge in [0.05, 0.1) is 0 Å². The molecule has 0 amide bonds. The van der Waals surface area contributed by atoms with E-state index in [1.165, 1.54) is 353 Å². The third kappa shape index (κ3) is 69.2. The lowest BCUT2D eigenvalue weighted by Gasteiger charge is -2.18. The molecule has 0 radical (unpaired) electrons. The Morgan fingerprint density at radius 2 is 0.329 bits per heavy atom. The Labute approximate surface area is 514 Å². The Balaban J connectivity index is 4.13. The summed E-state index contributed by atoms with van der Waals surface area (Å²) in [5, 5.41) is 0. The van der Waals surface area contributed by atoms with Gasteiger partial charge in [0.25, 0.3) is 0 Å². The summed E-state index contributed by atoms with van der Waals surface area (Å²) in [6, 6.07) is 0. The van der Waals surface area contributed by atoms with Gasteiger partial charge in [0.2, 0.25) is 0 Å². The summed E-state index contributed by atoms with van der Waals surface area (Å²) in [5.74, 6) is -0.818. The molecule has 0 heterocycles. The first-order chi connectivity index (χ1) is 40.5. The van der Waals surface area contributed by atoms with Gasteiger partial charge in [0.1, 0.15) is 13.2 Å². The largest absolute Gasteiger partial charge is 0.462 e. The summed E-state index contributed by atoms with van der Waals surface area (Å²) >= 11 is 0. The maximum atomic E-state index is 13.0. The monoisotopic (exact) mass is 1160 g/mol. The van der Waals surface area contributed by atoms with Crippen LogP contribution < -0.4 is 0 Å². The molecule has 0 fully saturated rings. The van der Waals surface area contributed by atoms with Crippen molar-refractivity contribution in [1.29, 1.82) is 0 Å². The zero-order valence-electron chi connectivity index (χ0n) is 56.3. The number of carbonyl (C=O) groups excluding carboxylic acids is 3. The second-order valence-corrected chi connectivity index (χ2v) is 26.3. The predicted octanol–water partition coefficient (Wildman–Crippen LogP) is 26.2. The van der Waals surface area contributed by atoms with Crippen molar-refractivity contribution in [2.75, 3.05) is 13.2 Å². The van der Waals surface area contributed by atoms with Crippen molar-refractivity contribution < 1.29 is 28.6 Å². The molecule has 0 rings (SSSR count). The van der Waals surface area contributed by atoms with Crippen LogP contribution >= 0.6 is 0 Å². The lowest BCUT2D eigenvalue weighted by atomic mass is 10.0. The van der Waals surface area contributed by atoms with E-state index < -0.39 is 6.10 Å². The Kier molecular flexibility index (Phi) is 70.5. The van der Waals surface area contributed by atoms with Crippen LogP contribution in [-0.2, 0) is 28.6 Å². The molecule has 0 N–H and O–H groups in total. The number of esters is 3. The zero-order valence-corrected chi connectivity index (χ0v) is 56.3.